The molecule has 1 aromatic carbocycles. The molecular formula is C15H21N3O. The van der Waals surface area contributed by atoms with E-state index in [9.17, 15) is 0 Å². The second-order valence-corrected chi connectivity index (χ2v) is 5.22. The Labute approximate surface area is 113 Å². The lowest BCUT2D eigenvalue weighted by Crippen LogP contribution is -2.39. The number of benzene rings is 1. The summed E-state index contributed by atoms with van der Waals surface area (Å²) in [7, 11) is 0. The monoisotopic (exact) mass is 259 g/mol. The second kappa shape index (κ2) is 5.31. The summed E-state index contributed by atoms with van der Waals surface area (Å²) in [5, 5.41) is 0. The number of nitrogens with zero attached hydrogens (tertiary/aromatic N) is 2. The lowest BCUT2D eigenvalue weighted by atomic mass is 10.1. The number of nitrogens with one attached hydrogen (secondary N) is 1. The van der Waals surface area contributed by atoms with Crippen molar-refractivity contribution in [2.45, 2.75) is 26.3 Å². The van der Waals surface area contributed by atoms with Gasteiger partial charge in [0.05, 0.1) is 30.3 Å². The van der Waals surface area contributed by atoms with Gasteiger partial charge in [-0.1, -0.05) is 13.0 Å². The van der Waals surface area contributed by atoms with Gasteiger partial charge in [-0.3, -0.25) is 4.90 Å². The predicted octanol–water partition coefficient (Wildman–Crippen LogP) is 2.65. The van der Waals surface area contributed by atoms with Gasteiger partial charge in [0.2, 0.25) is 0 Å². The second-order valence-electron chi connectivity index (χ2n) is 5.22. The summed E-state index contributed by atoms with van der Waals surface area (Å²) in [4.78, 5) is 10.7. The molecule has 1 aliphatic heterocycles. The van der Waals surface area contributed by atoms with Gasteiger partial charge in [0.15, 0.2) is 0 Å². The molecule has 4 heteroatoms. The average molecular weight is 259 g/mol. The molecule has 1 saturated heterocycles. The lowest BCUT2D eigenvalue weighted by molar-refractivity contribution is 0.0136. The molecule has 1 atom stereocenters. The molecule has 1 fully saturated rings. The number of aromatic nitrogens is 2. The van der Waals surface area contributed by atoms with E-state index in [1.807, 2.05) is 0 Å². The molecule has 0 spiro atoms. The van der Waals surface area contributed by atoms with Crippen LogP contribution < -0.4 is 0 Å². The van der Waals surface area contributed by atoms with Crippen molar-refractivity contribution in [2.75, 3.05) is 26.3 Å². The molecular weight excluding hydrogens is 238 g/mol. The molecule has 1 unspecified atom stereocenters. The zero-order valence-electron chi connectivity index (χ0n) is 11.6. The standard InChI is InChI=1S/C15H21N3O/c1-3-14(18-6-8-19-9-7-18)15-16-12-5-4-11(2)10-13(12)17-15/h4-5,10,14H,3,6-9H2,1-2H3,(H,16,17). The first-order chi connectivity index (χ1) is 9.28. The van der Waals surface area contributed by atoms with E-state index in [-0.39, 0.29) is 0 Å². The Morgan fingerprint density at radius 1 is 1.37 bits per heavy atom. The van der Waals surface area contributed by atoms with Crippen molar-refractivity contribution in [3.8, 4) is 0 Å². The quantitative estimate of drug-likeness (QED) is 0.921. The summed E-state index contributed by atoms with van der Waals surface area (Å²) < 4.78 is 5.43. The van der Waals surface area contributed by atoms with Crippen LogP contribution in [0.3, 0.4) is 0 Å². The Hall–Kier alpha value is -1.39. The number of aryl methyl sites for hydroxylation is 1. The first kappa shape index (κ1) is 12.6. The summed E-state index contributed by atoms with van der Waals surface area (Å²) in [5.41, 5.74) is 3.47. The number of ether oxygens (including phenoxy) is 1. The van der Waals surface area contributed by atoms with Gasteiger partial charge in [0, 0.05) is 13.1 Å². The number of H-pyrrole nitrogens is 1. The van der Waals surface area contributed by atoms with Crippen LogP contribution in [0, 0.1) is 6.92 Å². The van der Waals surface area contributed by atoms with Crippen molar-refractivity contribution in [3.05, 3.63) is 29.6 Å². The van der Waals surface area contributed by atoms with E-state index in [1.54, 1.807) is 0 Å². The molecule has 0 aliphatic carbocycles. The third-order valence-corrected chi connectivity index (χ3v) is 3.84. The van der Waals surface area contributed by atoms with Crippen LogP contribution in [0.1, 0.15) is 30.8 Å². The molecule has 0 bridgehead atoms. The third kappa shape index (κ3) is 2.51. The van der Waals surface area contributed by atoms with Gasteiger partial charge in [-0.15, -0.1) is 0 Å². The minimum atomic E-state index is 0.372. The molecule has 0 radical (unpaired) electrons. The molecule has 3 rings (SSSR count). The van der Waals surface area contributed by atoms with Gasteiger partial charge >= 0.3 is 0 Å². The number of aromatic amines is 1. The molecule has 1 aromatic heterocycles. The molecule has 0 saturated carbocycles. The van der Waals surface area contributed by atoms with Crippen LogP contribution in [0.2, 0.25) is 0 Å². The molecule has 4 nitrogen and oxygen atoms in total. The number of fused-ring (bicyclic) bond motifs is 1. The van der Waals surface area contributed by atoms with Crippen LogP contribution in [0.15, 0.2) is 18.2 Å². The minimum absolute atomic E-state index is 0.372. The van der Waals surface area contributed by atoms with Crippen LogP contribution in [0.5, 0.6) is 0 Å². The summed E-state index contributed by atoms with van der Waals surface area (Å²) in [6.07, 6.45) is 1.07. The summed E-state index contributed by atoms with van der Waals surface area (Å²) in [5.74, 6) is 1.09. The maximum absolute atomic E-state index is 5.43. The van der Waals surface area contributed by atoms with Gasteiger partial charge in [-0.25, -0.2) is 4.98 Å². The fourth-order valence-corrected chi connectivity index (χ4v) is 2.81. The maximum Gasteiger partial charge on any atom is 0.124 e. The van der Waals surface area contributed by atoms with Gasteiger partial charge < -0.3 is 9.72 Å². The SMILES string of the molecule is CCC(c1nc2ccc(C)cc2[nH]1)N1CCOCC1. The van der Waals surface area contributed by atoms with Crippen molar-refractivity contribution in [2.24, 2.45) is 0 Å². The fraction of sp³-hybridized carbons (Fsp3) is 0.533. The van der Waals surface area contributed by atoms with Crippen LogP contribution in [0.25, 0.3) is 11.0 Å². The molecule has 0 amide bonds. The third-order valence-electron chi connectivity index (χ3n) is 3.84. The minimum Gasteiger partial charge on any atom is -0.379 e. The lowest BCUT2D eigenvalue weighted by Gasteiger charge is -2.32. The average Bonchev–Trinajstić information content (AvgIpc) is 2.83. The van der Waals surface area contributed by atoms with Crippen molar-refractivity contribution in [3.63, 3.8) is 0 Å². The Bertz CT molecular complexity index is 558. The number of rotatable bonds is 3. The number of morpholine rings is 1. The molecule has 19 heavy (non-hydrogen) atoms. The summed E-state index contributed by atoms with van der Waals surface area (Å²) in [6, 6.07) is 6.74. The van der Waals surface area contributed by atoms with E-state index in [1.165, 1.54) is 5.56 Å². The highest BCUT2D eigenvalue weighted by Crippen LogP contribution is 2.25. The maximum atomic E-state index is 5.43. The molecule has 2 heterocycles. The Kier molecular flexibility index (Phi) is 3.53. The van der Waals surface area contributed by atoms with Crippen LogP contribution >= 0.6 is 0 Å². The first-order valence-corrected chi connectivity index (χ1v) is 7.06. The number of imidazole rings is 1. The van der Waals surface area contributed by atoms with Crippen molar-refractivity contribution in [1.82, 2.24) is 14.9 Å². The summed E-state index contributed by atoms with van der Waals surface area (Å²) >= 11 is 0. The van der Waals surface area contributed by atoms with E-state index in [0.29, 0.717) is 6.04 Å². The van der Waals surface area contributed by atoms with Crippen molar-refractivity contribution >= 4 is 11.0 Å². The topological polar surface area (TPSA) is 41.2 Å². The number of hydrogen-bond acceptors (Lipinski definition) is 3. The van der Waals surface area contributed by atoms with Gasteiger partial charge in [0.25, 0.3) is 0 Å². The van der Waals surface area contributed by atoms with E-state index in [2.05, 4.69) is 41.9 Å². The zero-order chi connectivity index (χ0) is 13.2. The first-order valence-electron chi connectivity index (χ1n) is 7.06. The number of hydrogen-bond donors (Lipinski definition) is 1. The largest absolute Gasteiger partial charge is 0.379 e. The molecule has 2 aromatic rings. The Morgan fingerprint density at radius 3 is 2.89 bits per heavy atom. The molecule has 1 aliphatic rings. The van der Waals surface area contributed by atoms with Gasteiger partial charge in [0.1, 0.15) is 5.82 Å². The summed E-state index contributed by atoms with van der Waals surface area (Å²) in [6.45, 7) is 7.98. The molecule has 102 valence electrons. The predicted molar refractivity (Wildman–Crippen MR) is 76.3 cm³/mol. The van der Waals surface area contributed by atoms with Crippen molar-refractivity contribution < 1.29 is 4.74 Å². The van der Waals surface area contributed by atoms with E-state index < -0.39 is 0 Å². The van der Waals surface area contributed by atoms with Crippen LogP contribution in [0.4, 0.5) is 0 Å². The smallest absolute Gasteiger partial charge is 0.124 e. The van der Waals surface area contributed by atoms with E-state index in [4.69, 9.17) is 9.72 Å². The van der Waals surface area contributed by atoms with Crippen LogP contribution in [-0.2, 0) is 4.74 Å². The Balaban J connectivity index is 1.91. The van der Waals surface area contributed by atoms with E-state index >= 15 is 0 Å². The highest BCUT2D eigenvalue weighted by molar-refractivity contribution is 5.75. The molecule has 1 N–H and O–H groups in total. The van der Waals surface area contributed by atoms with E-state index in [0.717, 1.165) is 49.6 Å². The Morgan fingerprint density at radius 2 is 2.16 bits per heavy atom. The van der Waals surface area contributed by atoms with Gasteiger partial charge in [-0.2, -0.15) is 0 Å². The van der Waals surface area contributed by atoms with Crippen LogP contribution in [-0.4, -0.2) is 41.2 Å². The zero-order valence-corrected chi connectivity index (χ0v) is 11.6. The highest BCUT2D eigenvalue weighted by Gasteiger charge is 2.23. The highest BCUT2D eigenvalue weighted by atomic mass is 16.5. The van der Waals surface area contributed by atoms with Gasteiger partial charge in [-0.05, 0) is 31.0 Å². The normalized spacial score (nSPS) is 18.8. The fourth-order valence-electron chi connectivity index (χ4n) is 2.81. The van der Waals surface area contributed by atoms with Crippen molar-refractivity contribution in [1.29, 1.82) is 0 Å².